The van der Waals surface area contributed by atoms with Gasteiger partial charge in [-0.15, -0.1) is 17.3 Å². The summed E-state index contributed by atoms with van der Waals surface area (Å²) in [6.07, 6.45) is 3.99. The van der Waals surface area contributed by atoms with Crippen molar-refractivity contribution >= 4 is 0 Å². The van der Waals surface area contributed by atoms with Crippen molar-refractivity contribution in [1.29, 1.82) is 0 Å². The molecular formula is C15H19Cl2N3O2Zr. The molecule has 23 heavy (non-hydrogen) atoms. The van der Waals surface area contributed by atoms with Crippen molar-refractivity contribution in [2.45, 2.75) is 39.5 Å². The number of aromatic nitrogens is 3. The molecule has 0 saturated carbocycles. The van der Waals surface area contributed by atoms with Gasteiger partial charge in [0, 0.05) is 11.5 Å². The van der Waals surface area contributed by atoms with E-state index in [4.69, 9.17) is 0 Å². The summed E-state index contributed by atoms with van der Waals surface area (Å²) in [5, 5.41) is 29.0. The van der Waals surface area contributed by atoms with Crippen molar-refractivity contribution in [2.24, 2.45) is 0 Å². The fourth-order valence-corrected chi connectivity index (χ4v) is 1.62. The van der Waals surface area contributed by atoms with Crippen LogP contribution in [0.5, 0.6) is 11.5 Å². The molecule has 1 aromatic carbocycles. The molecule has 2 N–H and O–H groups in total. The number of aromatic hydroxyl groups is 2. The van der Waals surface area contributed by atoms with Gasteiger partial charge in [0.2, 0.25) is 0 Å². The second kappa shape index (κ2) is 13.7. The van der Waals surface area contributed by atoms with Crippen molar-refractivity contribution in [1.82, 2.24) is 15.4 Å². The number of phenolic OH excluding ortho intramolecular Hbond substituents is 2. The minimum absolute atomic E-state index is 0. The third-order valence-corrected chi connectivity index (χ3v) is 2.71. The molecule has 0 aliphatic heterocycles. The van der Waals surface area contributed by atoms with Crippen LogP contribution in [-0.2, 0) is 26.2 Å². The monoisotopic (exact) mass is 433 g/mol. The van der Waals surface area contributed by atoms with Gasteiger partial charge in [-0.25, -0.2) is 10.2 Å². The Kier molecular flexibility index (Phi) is 16.2. The Morgan fingerprint density at radius 3 is 1.65 bits per heavy atom. The molecule has 1 aromatic heterocycles. The largest absolute Gasteiger partial charge is 4.00 e. The van der Waals surface area contributed by atoms with E-state index in [0.29, 0.717) is 0 Å². The average Bonchev–Trinajstić information content (AvgIpc) is 2.40. The van der Waals surface area contributed by atoms with E-state index in [1.807, 2.05) is 33.8 Å². The molecule has 0 unspecified atom stereocenters. The SMILES string of the molecule is CC(C)c1cc(C(C)C)c(O)[c-]c1O.[Cl-].[Cl-].[Zr+4].[c-]1ccnnn1. The molecule has 0 amide bonds. The van der Waals surface area contributed by atoms with Gasteiger partial charge in [-0.2, -0.15) is 12.1 Å². The molecule has 0 atom stereocenters. The first-order valence-electron chi connectivity index (χ1n) is 6.42. The maximum atomic E-state index is 9.55. The van der Waals surface area contributed by atoms with Crippen LogP contribution in [0.15, 0.2) is 18.3 Å². The van der Waals surface area contributed by atoms with Gasteiger partial charge in [-0.05, 0) is 0 Å². The molecule has 124 valence electrons. The molecule has 0 radical (unpaired) electrons. The van der Waals surface area contributed by atoms with Crippen molar-refractivity contribution < 1.29 is 61.2 Å². The first kappa shape index (κ1) is 27.2. The van der Waals surface area contributed by atoms with Gasteiger partial charge in [0.15, 0.2) is 0 Å². The summed E-state index contributed by atoms with van der Waals surface area (Å²) in [6, 6.07) is 6.03. The van der Waals surface area contributed by atoms with Crippen LogP contribution in [0, 0.1) is 12.3 Å². The van der Waals surface area contributed by atoms with E-state index in [9.17, 15) is 10.2 Å². The predicted molar refractivity (Wildman–Crippen MR) is 75.4 cm³/mol. The minimum Gasteiger partial charge on any atom is -1.00 e. The van der Waals surface area contributed by atoms with Gasteiger partial charge in [0.1, 0.15) is 0 Å². The maximum Gasteiger partial charge on any atom is 4.00 e. The number of rotatable bonds is 2. The van der Waals surface area contributed by atoms with Crippen molar-refractivity contribution in [3.63, 3.8) is 0 Å². The van der Waals surface area contributed by atoms with Crippen LogP contribution in [0.4, 0.5) is 0 Å². The first-order valence-corrected chi connectivity index (χ1v) is 6.42. The van der Waals surface area contributed by atoms with E-state index < -0.39 is 0 Å². The molecule has 8 heteroatoms. The van der Waals surface area contributed by atoms with Crippen molar-refractivity contribution in [2.75, 3.05) is 0 Å². The number of nitrogens with zero attached hydrogens (tertiary/aromatic N) is 3. The smallest absolute Gasteiger partial charge is 1.00 e. The van der Waals surface area contributed by atoms with E-state index in [1.165, 1.54) is 6.20 Å². The summed E-state index contributed by atoms with van der Waals surface area (Å²) in [5.74, 6) is 0.595. The number of hydrogen-bond acceptors (Lipinski definition) is 5. The maximum absolute atomic E-state index is 9.55. The summed E-state index contributed by atoms with van der Waals surface area (Å²) in [6.45, 7) is 8.02. The molecule has 0 bridgehead atoms. The molecule has 0 spiro atoms. The Balaban J connectivity index is -0.000000382. The Morgan fingerprint density at radius 1 is 0.957 bits per heavy atom. The fraction of sp³-hybridized carbons (Fsp3) is 0.400. The molecule has 0 fully saturated rings. The fourth-order valence-electron chi connectivity index (χ4n) is 1.62. The topological polar surface area (TPSA) is 79.1 Å². The first-order chi connectivity index (χ1) is 9.43. The zero-order valence-electron chi connectivity index (χ0n) is 13.4. The van der Waals surface area contributed by atoms with Crippen LogP contribution >= 0.6 is 0 Å². The molecule has 5 nitrogen and oxygen atoms in total. The summed E-state index contributed by atoms with van der Waals surface area (Å²) < 4.78 is 0. The normalized spacial score (nSPS) is 8.96. The molecule has 1 heterocycles. The number of phenols is 2. The second-order valence-electron chi connectivity index (χ2n) is 4.94. The predicted octanol–water partition coefficient (Wildman–Crippen LogP) is -3.18. The third kappa shape index (κ3) is 9.24. The van der Waals surface area contributed by atoms with Crippen molar-refractivity contribution in [3.05, 3.63) is 41.7 Å². The van der Waals surface area contributed by atoms with Gasteiger partial charge < -0.3 is 35.0 Å². The standard InChI is InChI=1S/C12H17O2.C3H2N3.2ClH.Zr/c1-7(2)9-5-10(8(3)4)12(14)6-11(9)13;1-2-4-6-5-3-1;;;/h5,7-8,13-14H,1-4H3;1-2H;2*1H;/q2*-1;;;+4/p-2. The van der Waals surface area contributed by atoms with Gasteiger partial charge in [0.25, 0.3) is 0 Å². The van der Waals surface area contributed by atoms with Crippen LogP contribution in [0.2, 0.25) is 0 Å². The molecule has 0 aliphatic rings. The number of hydrogen-bond donors (Lipinski definition) is 2. The molecular weight excluding hydrogens is 416 g/mol. The van der Waals surface area contributed by atoms with Gasteiger partial charge in [-0.1, -0.05) is 57.0 Å². The van der Waals surface area contributed by atoms with Gasteiger partial charge in [0.05, 0.1) is 0 Å². The van der Waals surface area contributed by atoms with Gasteiger partial charge in [-0.3, -0.25) is 0 Å². The van der Waals surface area contributed by atoms with Crippen LogP contribution in [0.3, 0.4) is 0 Å². The molecule has 2 rings (SSSR count). The molecule has 0 saturated heterocycles. The zero-order valence-corrected chi connectivity index (χ0v) is 17.3. The zero-order chi connectivity index (χ0) is 15.1. The average molecular weight is 435 g/mol. The van der Waals surface area contributed by atoms with E-state index >= 15 is 0 Å². The number of halogens is 2. The third-order valence-electron chi connectivity index (χ3n) is 2.71. The van der Waals surface area contributed by atoms with Crippen LogP contribution in [0.25, 0.3) is 0 Å². The quantitative estimate of drug-likeness (QED) is 0.487. The van der Waals surface area contributed by atoms with Crippen molar-refractivity contribution in [3.8, 4) is 11.5 Å². The Morgan fingerprint density at radius 2 is 1.43 bits per heavy atom. The van der Waals surface area contributed by atoms with E-state index in [-0.39, 0.29) is 74.4 Å². The Labute approximate surface area is 168 Å². The van der Waals surface area contributed by atoms with E-state index in [0.717, 1.165) is 11.1 Å². The minimum atomic E-state index is 0. The Bertz CT molecular complexity index is 488. The second-order valence-corrected chi connectivity index (χ2v) is 4.94. The van der Waals surface area contributed by atoms with Crippen LogP contribution in [0.1, 0.15) is 50.7 Å². The van der Waals surface area contributed by atoms with Crippen LogP contribution < -0.4 is 24.8 Å². The molecule has 0 aliphatic carbocycles. The summed E-state index contributed by atoms with van der Waals surface area (Å²) >= 11 is 0. The van der Waals surface area contributed by atoms with E-state index in [2.05, 4.69) is 27.7 Å². The summed E-state index contributed by atoms with van der Waals surface area (Å²) in [7, 11) is 0. The number of benzene rings is 1. The van der Waals surface area contributed by atoms with Gasteiger partial charge >= 0.3 is 26.2 Å². The summed E-state index contributed by atoms with van der Waals surface area (Å²) in [4.78, 5) is 0. The van der Waals surface area contributed by atoms with Crippen LogP contribution in [-0.4, -0.2) is 25.6 Å². The summed E-state index contributed by atoms with van der Waals surface area (Å²) in [5.41, 5.74) is 1.68. The van der Waals surface area contributed by atoms with E-state index in [1.54, 1.807) is 6.07 Å². The Hall–Kier alpha value is -0.707. The molecule has 2 aromatic rings.